The lowest BCUT2D eigenvalue weighted by molar-refractivity contribution is -0.143. The van der Waals surface area contributed by atoms with Crippen LogP contribution in [-0.4, -0.2) is 35.6 Å². The summed E-state index contributed by atoms with van der Waals surface area (Å²) in [7, 11) is 0. The van der Waals surface area contributed by atoms with Crippen LogP contribution >= 0.6 is 11.6 Å². The highest BCUT2D eigenvalue weighted by atomic mass is 35.5. The molecular formula is C23H25ClFNO2. The summed E-state index contributed by atoms with van der Waals surface area (Å²) < 4.78 is 13.3. The average molecular weight is 402 g/mol. The number of likely N-dealkylation sites (tertiary alicyclic amines) is 1. The predicted molar refractivity (Wildman–Crippen MR) is 112 cm³/mol. The summed E-state index contributed by atoms with van der Waals surface area (Å²) in [4.78, 5) is 13.4. The van der Waals surface area contributed by atoms with Crippen molar-refractivity contribution in [3.63, 3.8) is 0 Å². The van der Waals surface area contributed by atoms with Crippen molar-refractivity contribution >= 4 is 23.6 Å². The Hall–Kier alpha value is -2.17. The van der Waals surface area contributed by atoms with Crippen LogP contribution in [0.25, 0.3) is 17.2 Å². The Kier molecular flexibility index (Phi) is 7.24. The lowest BCUT2D eigenvalue weighted by Crippen LogP contribution is -2.39. The monoisotopic (exact) mass is 401 g/mol. The molecule has 1 fully saturated rings. The van der Waals surface area contributed by atoms with E-state index in [2.05, 4.69) is 17.1 Å². The van der Waals surface area contributed by atoms with E-state index in [0.717, 1.165) is 55.5 Å². The summed E-state index contributed by atoms with van der Waals surface area (Å²) in [6.07, 6.45) is 7.86. The molecule has 28 heavy (non-hydrogen) atoms. The zero-order chi connectivity index (χ0) is 19.9. The van der Waals surface area contributed by atoms with E-state index in [9.17, 15) is 14.3 Å². The molecule has 0 aliphatic carbocycles. The van der Waals surface area contributed by atoms with Crippen molar-refractivity contribution in [1.82, 2.24) is 4.90 Å². The van der Waals surface area contributed by atoms with Gasteiger partial charge in [0, 0.05) is 12.1 Å². The van der Waals surface area contributed by atoms with Crippen LogP contribution < -0.4 is 0 Å². The standard InChI is InChI=1S/C23H25ClFNO2/c24-22-15-19(25)11-12-21(22)20-10-4-3-8-17(20)7-2-1-5-13-26-14-6-9-18(16-26)23(27)28/h2-4,7-8,10-12,15,18H,1,5-6,9,13-14,16H2,(H,27,28)/b7-2+. The zero-order valence-corrected chi connectivity index (χ0v) is 16.5. The van der Waals surface area contributed by atoms with E-state index in [0.29, 0.717) is 11.6 Å². The van der Waals surface area contributed by atoms with E-state index in [1.807, 2.05) is 24.3 Å². The van der Waals surface area contributed by atoms with Gasteiger partial charge in [0.15, 0.2) is 0 Å². The smallest absolute Gasteiger partial charge is 0.307 e. The summed E-state index contributed by atoms with van der Waals surface area (Å²) in [5, 5.41) is 9.58. The molecule has 1 atom stereocenters. The lowest BCUT2D eigenvalue weighted by atomic mass is 9.98. The molecule has 0 saturated carbocycles. The topological polar surface area (TPSA) is 40.5 Å². The second kappa shape index (κ2) is 9.85. The van der Waals surface area contributed by atoms with E-state index in [1.165, 1.54) is 12.1 Å². The molecule has 1 saturated heterocycles. The molecule has 148 valence electrons. The minimum absolute atomic E-state index is 0.225. The molecule has 0 amide bonds. The molecule has 0 spiro atoms. The number of hydrogen-bond donors (Lipinski definition) is 1. The Balaban J connectivity index is 1.57. The number of rotatable bonds is 7. The van der Waals surface area contributed by atoms with E-state index < -0.39 is 5.97 Å². The van der Waals surface area contributed by atoms with Crippen molar-refractivity contribution in [2.75, 3.05) is 19.6 Å². The largest absolute Gasteiger partial charge is 0.481 e. The fraction of sp³-hybridized carbons (Fsp3) is 0.348. The van der Waals surface area contributed by atoms with Gasteiger partial charge in [-0.1, -0.05) is 48.0 Å². The van der Waals surface area contributed by atoms with Crippen LogP contribution in [0.3, 0.4) is 0 Å². The van der Waals surface area contributed by atoms with Crippen LogP contribution in [0, 0.1) is 11.7 Å². The van der Waals surface area contributed by atoms with Crippen molar-refractivity contribution in [3.05, 3.63) is 64.9 Å². The minimum Gasteiger partial charge on any atom is -0.481 e. The first-order chi connectivity index (χ1) is 13.5. The van der Waals surface area contributed by atoms with Crippen LogP contribution in [0.5, 0.6) is 0 Å². The Morgan fingerprint density at radius 2 is 2.07 bits per heavy atom. The van der Waals surface area contributed by atoms with Crippen molar-refractivity contribution < 1.29 is 14.3 Å². The number of carboxylic acid groups (broad SMARTS) is 1. The second-order valence-electron chi connectivity index (χ2n) is 7.23. The van der Waals surface area contributed by atoms with Gasteiger partial charge in [0.1, 0.15) is 5.82 Å². The van der Waals surface area contributed by atoms with Crippen LogP contribution in [0.4, 0.5) is 4.39 Å². The molecule has 1 N–H and O–H groups in total. The molecule has 5 heteroatoms. The lowest BCUT2D eigenvalue weighted by Gasteiger charge is -2.30. The van der Waals surface area contributed by atoms with E-state index in [-0.39, 0.29) is 11.7 Å². The molecule has 0 bridgehead atoms. The highest BCUT2D eigenvalue weighted by Gasteiger charge is 2.24. The van der Waals surface area contributed by atoms with Crippen molar-refractivity contribution in [3.8, 4) is 11.1 Å². The summed E-state index contributed by atoms with van der Waals surface area (Å²) in [5.41, 5.74) is 2.83. The number of halogens is 2. The molecule has 1 unspecified atom stereocenters. The average Bonchev–Trinajstić information content (AvgIpc) is 2.68. The summed E-state index contributed by atoms with van der Waals surface area (Å²) in [6, 6.07) is 12.4. The van der Waals surface area contributed by atoms with Gasteiger partial charge < -0.3 is 10.0 Å². The number of hydrogen-bond acceptors (Lipinski definition) is 2. The number of benzene rings is 2. The van der Waals surface area contributed by atoms with Gasteiger partial charge in [-0.3, -0.25) is 4.79 Å². The van der Waals surface area contributed by atoms with Gasteiger partial charge in [-0.05, 0) is 68.1 Å². The molecule has 1 aliphatic heterocycles. The van der Waals surface area contributed by atoms with Crippen LogP contribution in [0.1, 0.15) is 31.2 Å². The normalized spacial score (nSPS) is 17.9. The number of aliphatic carboxylic acids is 1. The summed E-state index contributed by atoms with van der Waals surface area (Å²) in [5.74, 6) is -1.25. The van der Waals surface area contributed by atoms with Gasteiger partial charge in [0.2, 0.25) is 0 Å². The van der Waals surface area contributed by atoms with Crippen LogP contribution in [-0.2, 0) is 4.79 Å². The molecule has 0 radical (unpaired) electrons. The number of carbonyl (C=O) groups is 1. The Morgan fingerprint density at radius 1 is 1.25 bits per heavy atom. The molecule has 1 aliphatic rings. The third-order valence-electron chi connectivity index (χ3n) is 5.18. The second-order valence-corrected chi connectivity index (χ2v) is 7.64. The van der Waals surface area contributed by atoms with E-state index in [4.69, 9.17) is 11.6 Å². The summed E-state index contributed by atoms with van der Waals surface area (Å²) >= 11 is 6.23. The highest BCUT2D eigenvalue weighted by molar-refractivity contribution is 6.33. The van der Waals surface area contributed by atoms with Crippen molar-refractivity contribution in [1.29, 1.82) is 0 Å². The Bertz CT molecular complexity index is 852. The number of carboxylic acids is 1. The fourth-order valence-electron chi connectivity index (χ4n) is 3.70. The van der Waals surface area contributed by atoms with Crippen molar-refractivity contribution in [2.45, 2.75) is 25.7 Å². The van der Waals surface area contributed by atoms with E-state index in [1.54, 1.807) is 6.07 Å². The third-order valence-corrected chi connectivity index (χ3v) is 5.49. The highest BCUT2D eigenvalue weighted by Crippen LogP contribution is 2.31. The van der Waals surface area contributed by atoms with Crippen LogP contribution in [0.15, 0.2) is 48.5 Å². The Labute approximate surface area is 170 Å². The van der Waals surface area contributed by atoms with Gasteiger partial charge >= 0.3 is 5.97 Å². The number of piperidine rings is 1. The SMILES string of the molecule is O=C(O)C1CCCN(CCC/C=C/c2ccccc2-c2ccc(F)cc2Cl)C1. The van der Waals surface area contributed by atoms with Crippen molar-refractivity contribution in [2.24, 2.45) is 5.92 Å². The molecular weight excluding hydrogens is 377 g/mol. The van der Waals surface area contributed by atoms with Gasteiger partial charge in [-0.2, -0.15) is 0 Å². The quantitative estimate of drug-likeness (QED) is 0.602. The third kappa shape index (κ3) is 5.43. The maximum Gasteiger partial charge on any atom is 0.307 e. The molecule has 3 nitrogen and oxygen atoms in total. The van der Waals surface area contributed by atoms with Gasteiger partial charge in [0.25, 0.3) is 0 Å². The minimum atomic E-state index is -0.680. The first-order valence-electron chi connectivity index (χ1n) is 9.71. The zero-order valence-electron chi connectivity index (χ0n) is 15.8. The molecule has 2 aromatic rings. The van der Waals surface area contributed by atoms with Gasteiger partial charge in [0.05, 0.1) is 10.9 Å². The number of nitrogens with zero attached hydrogens (tertiary/aromatic N) is 1. The number of allylic oxidation sites excluding steroid dienone is 1. The maximum atomic E-state index is 13.3. The van der Waals surface area contributed by atoms with Gasteiger partial charge in [-0.25, -0.2) is 4.39 Å². The molecule has 2 aromatic carbocycles. The first kappa shape index (κ1) is 20.6. The maximum absolute atomic E-state index is 13.3. The predicted octanol–water partition coefficient (Wildman–Crippen LogP) is 5.74. The number of unbranched alkanes of at least 4 members (excludes halogenated alkanes) is 1. The Morgan fingerprint density at radius 3 is 2.86 bits per heavy atom. The molecule has 1 heterocycles. The summed E-state index contributed by atoms with van der Waals surface area (Å²) in [6.45, 7) is 2.56. The fourth-order valence-corrected chi connectivity index (χ4v) is 3.97. The molecule has 3 rings (SSSR count). The van der Waals surface area contributed by atoms with Gasteiger partial charge in [-0.15, -0.1) is 0 Å². The van der Waals surface area contributed by atoms with Crippen LogP contribution in [0.2, 0.25) is 5.02 Å². The van der Waals surface area contributed by atoms with E-state index >= 15 is 0 Å². The first-order valence-corrected chi connectivity index (χ1v) is 10.1. The molecule has 0 aromatic heterocycles.